The summed E-state index contributed by atoms with van der Waals surface area (Å²) in [6.07, 6.45) is 4.73. The maximum atomic E-state index is 2.37. The van der Waals surface area contributed by atoms with Gasteiger partial charge in [0.2, 0.25) is 0 Å². The van der Waals surface area contributed by atoms with Gasteiger partial charge >= 0.3 is 0 Å². The van der Waals surface area contributed by atoms with Gasteiger partial charge in [0, 0.05) is 40.0 Å². The molecule has 0 unspecified atom stereocenters. The minimum Gasteiger partial charge on any atom is -0.316 e. The fourth-order valence-corrected chi connectivity index (χ4v) is 6.11. The van der Waals surface area contributed by atoms with Crippen LogP contribution in [-0.2, 0) is 5.41 Å². The molecule has 0 aliphatic carbocycles. The Balaban J connectivity index is 1.60. The van der Waals surface area contributed by atoms with E-state index < -0.39 is 0 Å². The molecule has 0 fully saturated rings. The van der Waals surface area contributed by atoms with Gasteiger partial charge in [0.1, 0.15) is 0 Å². The third-order valence-corrected chi connectivity index (χ3v) is 7.74. The Hall–Kier alpha value is -4.04. The number of benzene rings is 4. The van der Waals surface area contributed by atoms with E-state index in [1.807, 2.05) is 0 Å². The van der Waals surface area contributed by atoms with Crippen LogP contribution >= 0.6 is 0 Å². The Bertz CT molecular complexity index is 1620. The molecule has 37 heavy (non-hydrogen) atoms. The van der Waals surface area contributed by atoms with Crippen molar-refractivity contribution in [3.8, 4) is 11.4 Å². The number of rotatable bonds is 4. The lowest BCUT2D eigenvalue weighted by atomic mass is 9.78. The average molecular weight is 483 g/mol. The van der Waals surface area contributed by atoms with Crippen LogP contribution in [0.2, 0.25) is 0 Å². The van der Waals surface area contributed by atoms with Crippen LogP contribution in [0.5, 0.6) is 0 Å². The van der Waals surface area contributed by atoms with Crippen molar-refractivity contribution in [3.05, 3.63) is 131 Å². The molecule has 2 aromatic heterocycles. The van der Waals surface area contributed by atoms with Crippen LogP contribution in [0.1, 0.15) is 47.2 Å². The van der Waals surface area contributed by atoms with Gasteiger partial charge in [0.05, 0.1) is 11.0 Å². The number of aromatic nitrogens is 2. The molecule has 4 aromatic carbocycles. The van der Waals surface area contributed by atoms with Gasteiger partial charge in [-0.2, -0.15) is 0 Å². The highest BCUT2D eigenvalue weighted by Crippen LogP contribution is 2.42. The van der Waals surface area contributed by atoms with Crippen LogP contribution < -0.4 is 0 Å². The molecule has 2 heteroatoms. The first-order valence-corrected chi connectivity index (χ1v) is 13.1. The van der Waals surface area contributed by atoms with E-state index >= 15 is 0 Å². The summed E-state index contributed by atoms with van der Waals surface area (Å²) in [4.78, 5) is 0. The molecule has 2 nitrogen and oxygen atoms in total. The highest BCUT2D eigenvalue weighted by Gasteiger charge is 2.31. The maximum Gasteiger partial charge on any atom is 0.0531 e. The van der Waals surface area contributed by atoms with Crippen molar-refractivity contribution in [2.45, 2.75) is 47.0 Å². The van der Waals surface area contributed by atoms with E-state index in [0.29, 0.717) is 0 Å². The molecule has 0 aliphatic rings. The molecule has 0 saturated heterocycles. The smallest absolute Gasteiger partial charge is 0.0531 e. The number of para-hydroxylation sites is 2. The number of fused-ring (bicyclic) bond motifs is 2. The third kappa shape index (κ3) is 3.88. The summed E-state index contributed by atoms with van der Waals surface area (Å²) in [7, 11) is 0. The Morgan fingerprint density at radius 1 is 0.486 bits per heavy atom. The average Bonchev–Trinajstić information content (AvgIpc) is 3.43. The summed E-state index contributed by atoms with van der Waals surface area (Å²) < 4.78 is 4.74. The molecule has 0 spiro atoms. The van der Waals surface area contributed by atoms with Crippen LogP contribution in [0.3, 0.4) is 0 Å². The Morgan fingerprint density at radius 2 is 0.838 bits per heavy atom. The lowest BCUT2D eigenvalue weighted by Crippen LogP contribution is -2.18. The van der Waals surface area contributed by atoms with Gasteiger partial charge in [0.25, 0.3) is 0 Å². The van der Waals surface area contributed by atoms with Crippen LogP contribution in [0.15, 0.2) is 97.3 Å². The van der Waals surface area contributed by atoms with E-state index in [0.717, 1.165) is 0 Å². The molecule has 0 aliphatic heterocycles. The first-order valence-electron chi connectivity index (χ1n) is 13.1. The Labute approximate surface area is 219 Å². The molecule has 0 amide bonds. The summed E-state index contributed by atoms with van der Waals surface area (Å²) in [5, 5.41) is 2.60. The van der Waals surface area contributed by atoms with Crippen LogP contribution in [0.4, 0.5) is 0 Å². The summed E-state index contributed by atoms with van der Waals surface area (Å²) in [5.41, 5.74) is 12.5. The highest BCUT2D eigenvalue weighted by atomic mass is 15.0. The zero-order valence-corrected chi connectivity index (χ0v) is 22.6. The molecule has 0 N–H and O–H groups in total. The second-order valence-electron chi connectivity index (χ2n) is 11.2. The molecule has 0 saturated carbocycles. The molecule has 184 valence electrons. The minimum absolute atomic E-state index is 0.215. The van der Waals surface area contributed by atoms with E-state index in [-0.39, 0.29) is 5.41 Å². The molecular weight excluding hydrogens is 448 g/mol. The van der Waals surface area contributed by atoms with Crippen molar-refractivity contribution in [1.82, 2.24) is 9.13 Å². The zero-order valence-electron chi connectivity index (χ0n) is 22.6. The number of nitrogens with zero attached hydrogens (tertiary/aromatic N) is 2. The Kier molecular flexibility index (Phi) is 5.38. The molecule has 0 atom stereocenters. The molecule has 6 rings (SSSR count). The fraction of sp³-hybridized carbons (Fsp3) is 0.200. The second-order valence-corrected chi connectivity index (χ2v) is 11.2. The largest absolute Gasteiger partial charge is 0.316 e. The summed E-state index contributed by atoms with van der Waals surface area (Å²) in [5.74, 6) is 0. The SMILES string of the molecule is Cc1cc(C)cc(-n2cc(C(C)(C)c3cn(-c4cc(C)cc(C)c4)c4ccccc34)c3ccccc32)c1. The normalized spacial score (nSPS) is 12.1. The van der Waals surface area contributed by atoms with Gasteiger partial charge in [-0.3, -0.25) is 0 Å². The molecule has 6 aromatic rings. The van der Waals surface area contributed by atoms with E-state index in [4.69, 9.17) is 0 Å². The van der Waals surface area contributed by atoms with Crippen molar-refractivity contribution in [2.75, 3.05) is 0 Å². The highest BCUT2D eigenvalue weighted by molar-refractivity contribution is 5.91. The number of hydrogen-bond donors (Lipinski definition) is 0. The third-order valence-electron chi connectivity index (χ3n) is 7.74. The molecule has 2 heterocycles. The topological polar surface area (TPSA) is 9.86 Å². The summed E-state index contributed by atoms with van der Waals surface area (Å²) in [6.45, 7) is 13.4. The predicted molar refractivity (Wildman–Crippen MR) is 158 cm³/mol. The standard InChI is InChI=1S/C35H34N2/c1-23-15-24(2)18-27(17-23)36-21-31(29-11-7-9-13-33(29)36)35(5,6)32-22-37(34-14-10-8-12-30(32)34)28-19-25(3)16-26(4)20-28/h7-22H,1-6H3. The van der Waals surface area contributed by atoms with E-state index in [1.165, 1.54) is 66.6 Å². The maximum absolute atomic E-state index is 2.37. The van der Waals surface area contributed by atoms with Crippen molar-refractivity contribution < 1.29 is 0 Å². The number of aryl methyl sites for hydroxylation is 4. The summed E-state index contributed by atoms with van der Waals surface area (Å²) in [6, 6.07) is 31.2. The van der Waals surface area contributed by atoms with Gasteiger partial charge in [-0.25, -0.2) is 0 Å². The molecule has 0 radical (unpaired) electrons. The van der Waals surface area contributed by atoms with Crippen molar-refractivity contribution in [1.29, 1.82) is 0 Å². The van der Waals surface area contributed by atoms with Crippen molar-refractivity contribution in [2.24, 2.45) is 0 Å². The van der Waals surface area contributed by atoms with E-state index in [2.05, 4.69) is 148 Å². The summed E-state index contributed by atoms with van der Waals surface area (Å²) >= 11 is 0. The van der Waals surface area contributed by atoms with Gasteiger partial charge in [0.15, 0.2) is 0 Å². The van der Waals surface area contributed by atoms with Gasteiger partial charge in [-0.1, -0.05) is 62.4 Å². The zero-order chi connectivity index (χ0) is 25.9. The lowest BCUT2D eigenvalue weighted by Gasteiger charge is -2.24. The van der Waals surface area contributed by atoms with Crippen LogP contribution in [0, 0.1) is 27.7 Å². The second kappa shape index (κ2) is 8.52. The van der Waals surface area contributed by atoms with E-state index in [1.54, 1.807) is 0 Å². The van der Waals surface area contributed by atoms with Crippen molar-refractivity contribution in [3.63, 3.8) is 0 Å². The lowest BCUT2D eigenvalue weighted by molar-refractivity contribution is 0.650. The van der Waals surface area contributed by atoms with E-state index in [9.17, 15) is 0 Å². The Morgan fingerprint density at radius 3 is 1.22 bits per heavy atom. The first kappa shape index (κ1) is 23.4. The van der Waals surface area contributed by atoms with Crippen molar-refractivity contribution >= 4 is 21.8 Å². The van der Waals surface area contributed by atoms with Gasteiger partial charge in [-0.15, -0.1) is 0 Å². The quantitative estimate of drug-likeness (QED) is 0.237. The van der Waals surface area contributed by atoms with Crippen LogP contribution in [0.25, 0.3) is 33.2 Å². The minimum atomic E-state index is -0.215. The monoisotopic (exact) mass is 482 g/mol. The van der Waals surface area contributed by atoms with Crippen LogP contribution in [-0.4, -0.2) is 9.13 Å². The fourth-order valence-electron chi connectivity index (χ4n) is 6.11. The first-order chi connectivity index (χ1) is 17.7. The predicted octanol–water partition coefficient (Wildman–Crippen LogP) is 9.13. The van der Waals surface area contributed by atoms with Gasteiger partial charge in [-0.05, 0) is 97.5 Å². The number of hydrogen-bond acceptors (Lipinski definition) is 0. The molecule has 0 bridgehead atoms. The van der Waals surface area contributed by atoms with Gasteiger partial charge < -0.3 is 9.13 Å². The molecular formula is C35H34N2.